The van der Waals surface area contributed by atoms with Crippen molar-refractivity contribution in [1.82, 2.24) is 5.43 Å². The molecule has 3 nitrogen and oxygen atoms in total. The van der Waals surface area contributed by atoms with Gasteiger partial charge >= 0.3 is 6.18 Å². The van der Waals surface area contributed by atoms with Crippen molar-refractivity contribution >= 4 is 11.6 Å². The van der Waals surface area contributed by atoms with Gasteiger partial charge in [0.25, 0.3) is 0 Å². The average Bonchev–Trinajstić information content (AvgIpc) is 2.30. The standard InChI is InChI=1S/C11H14ClF3N2O/c12-8-1-3-10(4-2-8)18-7-9(17-16)5-6-11(13,14)15/h1-4,9,17H,5-7,16H2. The van der Waals surface area contributed by atoms with Crippen molar-refractivity contribution in [3.63, 3.8) is 0 Å². The minimum atomic E-state index is -4.19. The smallest absolute Gasteiger partial charge is 0.389 e. The van der Waals surface area contributed by atoms with Gasteiger partial charge in [-0.3, -0.25) is 11.3 Å². The average molecular weight is 283 g/mol. The maximum Gasteiger partial charge on any atom is 0.389 e. The highest BCUT2D eigenvalue weighted by Gasteiger charge is 2.28. The Morgan fingerprint density at radius 2 is 1.89 bits per heavy atom. The zero-order valence-electron chi connectivity index (χ0n) is 9.51. The molecule has 1 unspecified atom stereocenters. The van der Waals surface area contributed by atoms with E-state index in [4.69, 9.17) is 22.2 Å². The third-order valence-corrected chi connectivity index (χ3v) is 2.53. The molecule has 0 bridgehead atoms. The second-order valence-electron chi connectivity index (χ2n) is 3.78. The van der Waals surface area contributed by atoms with E-state index in [1.165, 1.54) is 0 Å². The van der Waals surface area contributed by atoms with Gasteiger partial charge in [-0.05, 0) is 30.7 Å². The largest absolute Gasteiger partial charge is 0.492 e. The van der Waals surface area contributed by atoms with Gasteiger partial charge in [0.1, 0.15) is 12.4 Å². The Hall–Kier alpha value is -0.980. The zero-order valence-corrected chi connectivity index (χ0v) is 10.3. The van der Waals surface area contributed by atoms with Crippen molar-refractivity contribution < 1.29 is 17.9 Å². The lowest BCUT2D eigenvalue weighted by Gasteiger charge is -2.17. The summed E-state index contributed by atoms with van der Waals surface area (Å²) >= 11 is 5.69. The van der Waals surface area contributed by atoms with Crippen LogP contribution in [-0.4, -0.2) is 18.8 Å². The first-order valence-corrected chi connectivity index (χ1v) is 5.70. The van der Waals surface area contributed by atoms with Crippen molar-refractivity contribution in [1.29, 1.82) is 0 Å². The molecule has 7 heteroatoms. The van der Waals surface area contributed by atoms with Gasteiger partial charge in [0.05, 0.1) is 6.04 Å². The van der Waals surface area contributed by atoms with E-state index in [0.29, 0.717) is 10.8 Å². The molecule has 0 saturated carbocycles. The maximum absolute atomic E-state index is 12.0. The Morgan fingerprint density at radius 1 is 1.28 bits per heavy atom. The van der Waals surface area contributed by atoms with Crippen molar-refractivity contribution in [2.24, 2.45) is 5.84 Å². The first-order chi connectivity index (χ1) is 8.40. The van der Waals surface area contributed by atoms with Crippen molar-refractivity contribution in [2.75, 3.05) is 6.61 Å². The molecule has 102 valence electrons. The SMILES string of the molecule is NNC(CCC(F)(F)F)COc1ccc(Cl)cc1. The van der Waals surface area contributed by atoms with Crippen LogP contribution < -0.4 is 16.0 Å². The van der Waals surface area contributed by atoms with Gasteiger partial charge in [-0.2, -0.15) is 13.2 Å². The van der Waals surface area contributed by atoms with Gasteiger partial charge in [0.15, 0.2) is 0 Å². The molecule has 18 heavy (non-hydrogen) atoms. The highest BCUT2D eigenvalue weighted by molar-refractivity contribution is 6.30. The van der Waals surface area contributed by atoms with Crippen LogP contribution in [0, 0.1) is 0 Å². The van der Waals surface area contributed by atoms with Crippen LogP contribution in [0.4, 0.5) is 13.2 Å². The number of benzene rings is 1. The summed E-state index contributed by atoms with van der Waals surface area (Å²) in [5.74, 6) is 5.71. The van der Waals surface area contributed by atoms with E-state index in [2.05, 4.69) is 5.43 Å². The lowest BCUT2D eigenvalue weighted by molar-refractivity contribution is -0.137. The first kappa shape index (κ1) is 15.1. The van der Waals surface area contributed by atoms with Crippen LogP contribution in [0.3, 0.4) is 0 Å². The predicted octanol–water partition coefficient (Wildman–Crippen LogP) is 2.89. The molecule has 1 aromatic rings. The molecular formula is C11H14ClF3N2O. The van der Waals surface area contributed by atoms with Crippen molar-refractivity contribution in [3.05, 3.63) is 29.3 Å². The lowest BCUT2D eigenvalue weighted by Crippen LogP contribution is -2.40. The number of hydrogen-bond donors (Lipinski definition) is 2. The Bertz CT molecular complexity index is 356. The molecule has 0 heterocycles. The maximum atomic E-state index is 12.0. The fourth-order valence-corrected chi connectivity index (χ4v) is 1.41. The van der Waals surface area contributed by atoms with Gasteiger partial charge in [-0.25, -0.2) is 0 Å². The summed E-state index contributed by atoms with van der Waals surface area (Å²) in [7, 11) is 0. The Labute approximate surface area is 108 Å². The fraction of sp³-hybridized carbons (Fsp3) is 0.455. The van der Waals surface area contributed by atoms with E-state index in [1.807, 2.05) is 0 Å². The Kier molecular flexibility index (Phi) is 5.71. The van der Waals surface area contributed by atoms with E-state index in [0.717, 1.165) is 0 Å². The summed E-state index contributed by atoms with van der Waals surface area (Å²) in [6, 6.07) is 6.00. The second-order valence-corrected chi connectivity index (χ2v) is 4.22. The molecule has 3 N–H and O–H groups in total. The molecule has 0 fully saturated rings. The van der Waals surface area contributed by atoms with Crippen LogP contribution in [0.2, 0.25) is 5.02 Å². The third kappa shape index (κ3) is 6.09. The van der Waals surface area contributed by atoms with E-state index in [9.17, 15) is 13.2 Å². The quantitative estimate of drug-likeness (QED) is 0.623. The fourth-order valence-electron chi connectivity index (χ4n) is 1.28. The molecule has 1 rings (SSSR count). The van der Waals surface area contributed by atoms with Gasteiger partial charge in [-0.1, -0.05) is 11.6 Å². The minimum Gasteiger partial charge on any atom is -0.492 e. The lowest BCUT2D eigenvalue weighted by atomic mass is 10.2. The number of nitrogens with one attached hydrogen (secondary N) is 1. The van der Waals surface area contributed by atoms with Crippen LogP contribution in [-0.2, 0) is 0 Å². The number of ether oxygens (including phenoxy) is 1. The number of rotatable bonds is 6. The molecule has 1 aromatic carbocycles. The molecule has 0 aromatic heterocycles. The van der Waals surface area contributed by atoms with E-state index in [-0.39, 0.29) is 13.0 Å². The summed E-state index contributed by atoms with van der Waals surface area (Å²) < 4.78 is 41.4. The van der Waals surface area contributed by atoms with Gasteiger partial charge in [0, 0.05) is 11.4 Å². The van der Waals surface area contributed by atoms with Gasteiger partial charge in [-0.15, -0.1) is 0 Å². The van der Waals surface area contributed by atoms with Gasteiger partial charge in [0.2, 0.25) is 0 Å². The molecule has 0 saturated heterocycles. The highest BCUT2D eigenvalue weighted by atomic mass is 35.5. The number of hydrazine groups is 1. The van der Waals surface area contributed by atoms with Crippen molar-refractivity contribution in [2.45, 2.75) is 25.1 Å². The molecule has 0 aliphatic rings. The summed E-state index contributed by atoms with van der Waals surface area (Å²) in [6.07, 6.45) is -5.21. The summed E-state index contributed by atoms with van der Waals surface area (Å²) in [5, 5.41) is 0.563. The van der Waals surface area contributed by atoms with Crippen LogP contribution in [0.1, 0.15) is 12.8 Å². The van der Waals surface area contributed by atoms with Gasteiger partial charge < -0.3 is 4.74 Å². The summed E-state index contributed by atoms with van der Waals surface area (Å²) in [4.78, 5) is 0. The molecule has 0 amide bonds. The van der Waals surface area contributed by atoms with E-state index < -0.39 is 18.6 Å². The summed E-state index contributed by atoms with van der Waals surface area (Å²) in [6.45, 7) is 0.0637. The zero-order chi connectivity index (χ0) is 13.6. The monoisotopic (exact) mass is 282 g/mol. The molecule has 0 radical (unpaired) electrons. The number of halogens is 4. The predicted molar refractivity (Wildman–Crippen MR) is 63.3 cm³/mol. The number of alkyl halides is 3. The first-order valence-electron chi connectivity index (χ1n) is 5.32. The minimum absolute atomic E-state index is 0.0637. The highest BCUT2D eigenvalue weighted by Crippen LogP contribution is 2.22. The molecular weight excluding hydrogens is 269 g/mol. The topological polar surface area (TPSA) is 47.3 Å². The summed E-state index contributed by atoms with van der Waals surface area (Å²) in [5.41, 5.74) is 2.31. The van der Waals surface area contributed by atoms with E-state index in [1.54, 1.807) is 24.3 Å². The molecule has 0 spiro atoms. The molecule has 1 atom stereocenters. The molecule has 0 aliphatic carbocycles. The Morgan fingerprint density at radius 3 is 2.39 bits per heavy atom. The van der Waals surface area contributed by atoms with Crippen LogP contribution in [0.15, 0.2) is 24.3 Å². The molecule has 0 aliphatic heterocycles. The third-order valence-electron chi connectivity index (χ3n) is 2.28. The van der Waals surface area contributed by atoms with Crippen molar-refractivity contribution in [3.8, 4) is 5.75 Å². The Balaban J connectivity index is 2.37. The normalized spacial score (nSPS) is 13.4. The number of hydrogen-bond acceptors (Lipinski definition) is 3. The second kappa shape index (κ2) is 6.82. The van der Waals surface area contributed by atoms with Crippen LogP contribution >= 0.6 is 11.6 Å². The van der Waals surface area contributed by atoms with Crippen LogP contribution in [0.5, 0.6) is 5.75 Å². The van der Waals surface area contributed by atoms with Crippen LogP contribution in [0.25, 0.3) is 0 Å². The number of nitrogens with two attached hydrogens (primary N) is 1. The van der Waals surface area contributed by atoms with E-state index >= 15 is 0 Å².